The molecular formula is C13H17NO3. The van der Waals surface area contributed by atoms with Gasteiger partial charge in [0, 0.05) is 17.8 Å². The topological polar surface area (TPSA) is 66.4 Å². The molecule has 0 bridgehead atoms. The minimum absolute atomic E-state index is 0.0209. The van der Waals surface area contributed by atoms with Gasteiger partial charge in [-0.25, -0.2) is 0 Å². The van der Waals surface area contributed by atoms with Crippen LogP contribution in [0.25, 0.3) is 0 Å². The number of aliphatic carboxylic acids is 1. The summed E-state index contributed by atoms with van der Waals surface area (Å²) in [4.78, 5) is 21.8. The molecule has 0 aliphatic rings. The van der Waals surface area contributed by atoms with Crippen molar-refractivity contribution >= 4 is 17.4 Å². The minimum atomic E-state index is -0.788. The van der Waals surface area contributed by atoms with Gasteiger partial charge in [0.15, 0.2) is 5.78 Å². The maximum absolute atomic E-state index is 11.2. The van der Waals surface area contributed by atoms with Gasteiger partial charge in [0.2, 0.25) is 0 Å². The van der Waals surface area contributed by atoms with Crippen molar-refractivity contribution in [1.29, 1.82) is 0 Å². The number of anilines is 1. The number of rotatable bonds is 6. The first-order chi connectivity index (χ1) is 8.00. The molecular weight excluding hydrogens is 218 g/mol. The summed E-state index contributed by atoms with van der Waals surface area (Å²) >= 11 is 0. The van der Waals surface area contributed by atoms with Gasteiger partial charge in [0.25, 0.3) is 0 Å². The summed E-state index contributed by atoms with van der Waals surface area (Å²) in [6.45, 7) is 3.77. The van der Waals surface area contributed by atoms with Crippen LogP contribution in [0.4, 0.5) is 5.69 Å². The van der Waals surface area contributed by atoms with Crippen LogP contribution in [-0.4, -0.2) is 23.4 Å². The average Bonchev–Trinajstić information content (AvgIpc) is 2.29. The van der Waals surface area contributed by atoms with E-state index in [1.165, 1.54) is 6.92 Å². The second-order valence-electron chi connectivity index (χ2n) is 4.09. The van der Waals surface area contributed by atoms with Gasteiger partial charge >= 0.3 is 5.97 Å². The van der Waals surface area contributed by atoms with Crippen LogP contribution in [0.1, 0.15) is 30.6 Å². The number of carboxylic acid groups (broad SMARTS) is 1. The molecule has 92 valence electrons. The number of Topliss-reactive ketones (excluding diaryl/α,β-unsaturated/α-hetero) is 1. The van der Waals surface area contributed by atoms with E-state index in [0.717, 1.165) is 5.69 Å². The molecule has 4 heteroatoms. The summed E-state index contributed by atoms with van der Waals surface area (Å²) in [5.74, 6) is -1.13. The molecule has 0 aromatic heterocycles. The Morgan fingerprint density at radius 3 is 2.71 bits per heavy atom. The third-order valence-corrected chi connectivity index (χ3v) is 2.60. The summed E-state index contributed by atoms with van der Waals surface area (Å²) in [6, 6.07) is 7.19. The first kappa shape index (κ1) is 13.2. The zero-order valence-corrected chi connectivity index (χ0v) is 10.1. The molecule has 0 radical (unpaired) electrons. The standard InChI is InChI=1S/C13H17NO3/c1-9(13(16)17)6-7-14-12-5-3-4-11(8-12)10(2)15/h3-5,8-9,14H,6-7H2,1-2H3,(H,16,17). The van der Waals surface area contributed by atoms with Gasteiger partial charge in [-0.2, -0.15) is 0 Å². The van der Waals surface area contributed by atoms with Crippen LogP contribution in [-0.2, 0) is 4.79 Å². The highest BCUT2D eigenvalue weighted by Crippen LogP contribution is 2.12. The highest BCUT2D eigenvalue weighted by Gasteiger charge is 2.09. The van der Waals surface area contributed by atoms with Gasteiger partial charge in [0.1, 0.15) is 0 Å². The molecule has 0 spiro atoms. The number of nitrogens with one attached hydrogen (secondary N) is 1. The molecule has 0 aliphatic carbocycles. The van der Waals surface area contributed by atoms with Crippen LogP contribution in [0.15, 0.2) is 24.3 Å². The lowest BCUT2D eigenvalue weighted by molar-refractivity contribution is -0.141. The fraction of sp³-hybridized carbons (Fsp3) is 0.385. The second kappa shape index (κ2) is 6.03. The maximum atomic E-state index is 11.2. The van der Waals surface area contributed by atoms with Gasteiger partial charge < -0.3 is 10.4 Å². The monoisotopic (exact) mass is 235 g/mol. The third kappa shape index (κ3) is 4.26. The normalized spacial score (nSPS) is 11.9. The molecule has 1 aromatic rings. The zero-order chi connectivity index (χ0) is 12.8. The van der Waals surface area contributed by atoms with E-state index in [4.69, 9.17) is 5.11 Å². The van der Waals surface area contributed by atoms with Gasteiger partial charge in [-0.05, 0) is 25.5 Å². The minimum Gasteiger partial charge on any atom is -0.481 e. The third-order valence-electron chi connectivity index (χ3n) is 2.60. The van der Waals surface area contributed by atoms with Gasteiger partial charge in [-0.1, -0.05) is 19.1 Å². The molecule has 1 atom stereocenters. The Kier molecular flexibility index (Phi) is 4.69. The van der Waals surface area contributed by atoms with Crippen molar-refractivity contribution in [3.05, 3.63) is 29.8 Å². The fourth-order valence-corrected chi connectivity index (χ4v) is 1.40. The number of hydrogen-bond acceptors (Lipinski definition) is 3. The molecule has 4 nitrogen and oxygen atoms in total. The molecule has 0 saturated heterocycles. The van der Waals surface area contributed by atoms with E-state index >= 15 is 0 Å². The maximum Gasteiger partial charge on any atom is 0.306 e. The number of carbonyl (C=O) groups is 2. The van der Waals surface area contributed by atoms with E-state index in [9.17, 15) is 9.59 Å². The van der Waals surface area contributed by atoms with Crippen LogP contribution in [0, 0.1) is 5.92 Å². The molecule has 2 N–H and O–H groups in total. The predicted molar refractivity (Wildman–Crippen MR) is 66.4 cm³/mol. The largest absolute Gasteiger partial charge is 0.481 e. The number of benzene rings is 1. The molecule has 17 heavy (non-hydrogen) atoms. The number of ketones is 1. The summed E-state index contributed by atoms with van der Waals surface area (Å²) in [5.41, 5.74) is 1.50. The summed E-state index contributed by atoms with van der Waals surface area (Å²) in [6.07, 6.45) is 0.555. The van der Waals surface area contributed by atoms with E-state index in [1.54, 1.807) is 25.1 Å². The van der Waals surface area contributed by atoms with E-state index < -0.39 is 5.97 Å². The first-order valence-corrected chi connectivity index (χ1v) is 5.58. The first-order valence-electron chi connectivity index (χ1n) is 5.58. The SMILES string of the molecule is CC(=O)c1cccc(NCCC(C)C(=O)O)c1. The van der Waals surface area contributed by atoms with E-state index in [-0.39, 0.29) is 11.7 Å². The highest BCUT2D eigenvalue weighted by molar-refractivity contribution is 5.94. The Morgan fingerprint density at radius 2 is 2.12 bits per heavy atom. The summed E-state index contributed by atoms with van der Waals surface area (Å²) in [5, 5.41) is 11.8. The molecule has 1 aromatic carbocycles. The molecule has 0 fully saturated rings. The quantitative estimate of drug-likeness (QED) is 0.743. The number of hydrogen-bond donors (Lipinski definition) is 2. The van der Waals surface area contributed by atoms with Crippen molar-refractivity contribution in [1.82, 2.24) is 0 Å². The summed E-state index contributed by atoms with van der Waals surface area (Å²) < 4.78 is 0. The molecule has 1 rings (SSSR count). The highest BCUT2D eigenvalue weighted by atomic mass is 16.4. The zero-order valence-electron chi connectivity index (χ0n) is 10.1. The Hall–Kier alpha value is -1.84. The van der Waals surface area contributed by atoms with Crippen LogP contribution >= 0.6 is 0 Å². The number of carboxylic acids is 1. The fourth-order valence-electron chi connectivity index (χ4n) is 1.40. The smallest absolute Gasteiger partial charge is 0.306 e. The Bertz CT molecular complexity index is 415. The lowest BCUT2D eigenvalue weighted by atomic mass is 10.1. The van der Waals surface area contributed by atoms with Gasteiger partial charge in [-0.3, -0.25) is 9.59 Å². The molecule has 1 unspecified atom stereocenters. The van der Waals surface area contributed by atoms with Gasteiger partial charge in [-0.15, -0.1) is 0 Å². The second-order valence-corrected chi connectivity index (χ2v) is 4.09. The van der Waals surface area contributed by atoms with Crippen LogP contribution < -0.4 is 5.32 Å². The van der Waals surface area contributed by atoms with E-state index in [0.29, 0.717) is 18.5 Å². The Balaban J connectivity index is 2.49. The predicted octanol–water partition coefficient (Wildman–Crippen LogP) is 2.41. The summed E-state index contributed by atoms with van der Waals surface area (Å²) in [7, 11) is 0. The lowest BCUT2D eigenvalue weighted by Crippen LogP contribution is -2.14. The van der Waals surface area contributed by atoms with Crippen LogP contribution in [0.2, 0.25) is 0 Å². The van der Waals surface area contributed by atoms with E-state index in [1.807, 2.05) is 6.07 Å². The van der Waals surface area contributed by atoms with Crippen molar-refractivity contribution in [2.75, 3.05) is 11.9 Å². The molecule has 0 amide bonds. The van der Waals surface area contributed by atoms with Gasteiger partial charge in [0.05, 0.1) is 5.92 Å². The van der Waals surface area contributed by atoms with Crippen LogP contribution in [0.5, 0.6) is 0 Å². The van der Waals surface area contributed by atoms with Crippen molar-refractivity contribution in [2.45, 2.75) is 20.3 Å². The van der Waals surface area contributed by atoms with Crippen molar-refractivity contribution in [2.24, 2.45) is 5.92 Å². The molecule has 0 heterocycles. The Labute approximate surface area is 101 Å². The van der Waals surface area contributed by atoms with Crippen molar-refractivity contribution in [3.63, 3.8) is 0 Å². The Morgan fingerprint density at radius 1 is 1.41 bits per heavy atom. The van der Waals surface area contributed by atoms with Crippen molar-refractivity contribution in [3.8, 4) is 0 Å². The number of carbonyl (C=O) groups excluding carboxylic acids is 1. The van der Waals surface area contributed by atoms with Crippen LogP contribution in [0.3, 0.4) is 0 Å². The average molecular weight is 235 g/mol. The lowest BCUT2D eigenvalue weighted by Gasteiger charge is -2.09. The van der Waals surface area contributed by atoms with E-state index in [2.05, 4.69) is 5.32 Å². The molecule has 0 aliphatic heterocycles. The van der Waals surface area contributed by atoms with Crippen molar-refractivity contribution < 1.29 is 14.7 Å². The molecule has 0 saturated carbocycles.